The molecule has 0 fully saturated rings. The average Bonchev–Trinajstić information content (AvgIpc) is 2.65. The predicted molar refractivity (Wildman–Crippen MR) is 96.9 cm³/mol. The Morgan fingerprint density at radius 1 is 1.15 bits per heavy atom. The third-order valence-corrected chi connectivity index (χ3v) is 3.47. The topological polar surface area (TPSA) is 89.6 Å². The summed E-state index contributed by atoms with van der Waals surface area (Å²) in [6, 6.07) is 8.55. The summed E-state index contributed by atoms with van der Waals surface area (Å²) < 4.78 is 10.9. The van der Waals surface area contributed by atoms with E-state index in [1.807, 2.05) is 26.0 Å². The summed E-state index contributed by atoms with van der Waals surface area (Å²) in [5.74, 6) is 0.289. The van der Waals surface area contributed by atoms with E-state index in [9.17, 15) is 9.59 Å². The summed E-state index contributed by atoms with van der Waals surface area (Å²) in [5.41, 5.74) is 6.11. The van der Waals surface area contributed by atoms with Gasteiger partial charge in [-0.15, -0.1) is 0 Å². The molecule has 0 aliphatic carbocycles. The Labute approximate surface area is 152 Å². The number of methoxy groups -OCH3 is 1. The Kier molecular flexibility index (Phi) is 6.96. The second-order valence-electron chi connectivity index (χ2n) is 5.90. The zero-order chi connectivity index (χ0) is 18.9. The lowest BCUT2D eigenvalue weighted by Gasteiger charge is -2.14. The number of hydrogen-bond acceptors (Lipinski definition) is 5. The van der Waals surface area contributed by atoms with Crippen molar-refractivity contribution in [3.63, 3.8) is 0 Å². The summed E-state index contributed by atoms with van der Waals surface area (Å²) in [7, 11) is 1.50. The van der Waals surface area contributed by atoms with Crippen molar-refractivity contribution >= 4 is 11.8 Å². The number of aryl methyl sites for hydroxylation is 1. The van der Waals surface area contributed by atoms with Gasteiger partial charge in [-0.2, -0.15) is 0 Å². The fourth-order valence-electron chi connectivity index (χ4n) is 2.23. The van der Waals surface area contributed by atoms with Crippen LogP contribution < -0.4 is 20.3 Å². The molecule has 1 heterocycles. The molecule has 1 aromatic heterocycles. The highest BCUT2D eigenvalue weighted by Crippen LogP contribution is 2.28. The Balaban J connectivity index is 1.87. The lowest BCUT2D eigenvalue weighted by Crippen LogP contribution is -2.41. The number of carbonyl (C=O) groups excluding carboxylic acids is 2. The lowest BCUT2D eigenvalue weighted by molar-refractivity contribution is -0.121. The van der Waals surface area contributed by atoms with Gasteiger partial charge in [0, 0.05) is 24.4 Å². The maximum atomic E-state index is 12.2. The minimum Gasteiger partial charge on any atom is -0.493 e. The summed E-state index contributed by atoms with van der Waals surface area (Å²) in [6.45, 7) is 3.81. The van der Waals surface area contributed by atoms with Crippen LogP contribution in [0.15, 0.2) is 42.7 Å². The molecule has 1 aromatic carbocycles. The number of amides is 2. The van der Waals surface area contributed by atoms with Crippen molar-refractivity contribution in [3.8, 4) is 11.5 Å². The van der Waals surface area contributed by atoms with Crippen LogP contribution >= 0.6 is 0 Å². The van der Waals surface area contributed by atoms with Crippen LogP contribution in [0.2, 0.25) is 0 Å². The van der Waals surface area contributed by atoms with E-state index in [0.717, 1.165) is 5.56 Å². The van der Waals surface area contributed by atoms with Crippen molar-refractivity contribution in [2.24, 2.45) is 0 Å². The molecular formula is C19H23N3O4. The van der Waals surface area contributed by atoms with Crippen LogP contribution in [0, 0.1) is 0 Å². The number of hydrogen-bond donors (Lipinski definition) is 2. The maximum absolute atomic E-state index is 12.2. The number of carbonyl (C=O) groups is 2. The first-order valence-corrected chi connectivity index (χ1v) is 8.32. The van der Waals surface area contributed by atoms with E-state index in [2.05, 4.69) is 15.8 Å². The highest BCUT2D eigenvalue weighted by atomic mass is 16.5. The first-order valence-electron chi connectivity index (χ1n) is 8.32. The standard InChI is InChI=1S/C19H23N3O4/c1-13(2)26-16-8-7-15(11-17(16)25-3)19(24)22-21-18(23)9-6-14-5-4-10-20-12-14/h4-5,7-8,10-13H,6,9H2,1-3H3,(H,21,23)(H,22,24). The minimum absolute atomic E-state index is 0.0114. The highest BCUT2D eigenvalue weighted by Gasteiger charge is 2.13. The molecule has 7 nitrogen and oxygen atoms in total. The number of nitrogens with one attached hydrogen (secondary N) is 2. The molecule has 0 saturated heterocycles. The van der Waals surface area contributed by atoms with E-state index < -0.39 is 5.91 Å². The minimum atomic E-state index is -0.436. The number of ether oxygens (including phenoxy) is 2. The Bertz CT molecular complexity index is 748. The van der Waals surface area contributed by atoms with Crippen LogP contribution in [0.5, 0.6) is 11.5 Å². The molecule has 0 atom stereocenters. The van der Waals surface area contributed by atoms with Crippen molar-refractivity contribution in [1.82, 2.24) is 15.8 Å². The van der Waals surface area contributed by atoms with Crippen molar-refractivity contribution in [1.29, 1.82) is 0 Å². The van der Waals surface area contributed by atoms with Crippen LogP contribution in [0.3, 0.4) is 0 Å². The lowest BCUT2D eigenvalue weighted by atomic mass is 10.1. The first-order chi connectivity index (χ1) is 12.5. The molecule has 0 saturated carbocycles. The highest BCUT2D eigenvalue weighted by molar-refractivity contribution is 5.96. The van der Waals surface area contributed by atoms with Crippen molar-refractivity contribution in [3.05, 3.63) is 53.9 Å². The third-order valence-electron chi connectivity index (χ3n) is 3.47. The second kappa shape index (κ2) is 9.41. The molecule has 0 aliphatic heterocycles. The summed E-state index contributed by atoms with van der Waals surface area (Å²) in [4.78, 5) is 28.0. The van der Waals surface area contributed by atoms with E-state index in [-0.39, 0.29) is 18.4 Å². The van der Waals surface area contributed by atoms with E-state index in [1.54, 1.807) is 30.6 Å². The molecule has 2 aromatic rings. The number of hydrazine groups is 1. The molecule has 2 amide bonds. The van der Waals surface area contributed by atoms with Gasteiger partial charge in [0.1, 0.15) is 0 Å². The van der Waals surface area contributed by atoms with Crippen molar-refractivity contribution in [2.45, 2.75) is 32.8 Å². The quantitative estimate of drug-likeness (QED) is 0.742. The smallest absolute Gasteiger partial charge is 0.269 e. The van der Waals surface area contributed by atoms with E-state index >= 15 is 0 Å². The van der Waals surface area contributed by atoms with E-state index in [0.29, 0.717) is 23.5 Å². The van der Waals surface area contributed by atoms with Gasteiger partial charge >= 0.3 is 0 Å². The molecule has 0 unspecified atom stereocenters. The number of nitrogens with zero attached hydrogens (tertiary/aromatic N) is 1. The van der Waals surface area contributed by atoms with Crippen LogP contribution in [0.4, 0.5) is 0 Å². The van der Waals surface area contributed by atoms with Gasteiger partial charge in [-0.3, -0.25) is 25.4 Å². The van der Waals surface area contributed by atoms with E-state index in [1.165, 1.54) is 7.11 Å². The predicted octanol–water partition coefficient (Wildman–Crippen LogP) is 2.27. The first kappa shape index (κ1) is 19.2. The van der Waals surface area contributed by atoms with Gasteiger partial charge in [-0.1, -0.05) is 6.07 Å². The average molecular weight is 357 g/mol. The Hall–Kier alpha value is -3.09. The van der Waals surface area contributed by atoms with Gasteiger partial charge in [-0.25, -0.2) is 0 Å². The van der Waals surface area contributed by atoms with Crippen molar-refractivity contribution in [2.75, 3.05) is 7.11 Å². The molecule has 138 valence electrons. The number of aromatic nitrogens is 1. The Morgan fingerprint density at radius 3 is 2.62 bits per heavy atom. The van der Waals surface area contributed by atoms with Crippen LogP contribution in [-0.2, 0) is 11.2 Å². The zero-order valence-electron chi connectivity index (χ0n) is 15.1. The molecule has 7 heteroatoms. The van der Waals surface area contributed by atoms with Gasteiger partial charge < -0.3 is 9.47 Å². The SMILES string of the molecule is COc1cc(C(=O)NNC(=O)CCc2cccnc2)ccc1OC(C)C. The Morgan fingerprint density at radius 2 is 1.96 bits per heavy atom. The fraction of sp³-hybridized carbons (Fsp3) is 0.316. The van der Waals surface area contributed by atoms with Gasteiger partial charge in [0.2, 0.25) is 5.91 Å². The normalized spacial score (nSPS) is 10.3. The fourth-order valence-corrected chi connectivity index (χ4v) is 2.23. The number of benzene rings is 1. The van der Waals surface area contributed by atoms with Crippen molar-refractivity contribution < 1.29 is 19.1 Å². The van der Waals surface area contributed by atoms with Gasteiger partial charge in [0.25, 0.3) is 5.91 Å². The summed E-state index contributed by atoms with van der Waals surface area (Å²) >= 11 is 0. The monoisotopic (exact) mass is 357 g/mol. The summed E-state index contributed by atoms with van der Waals surface area (Å²) in [5, 5.41) is 0. The van der Waals surface area contributed by atoms with Gasteiger partial charge in [0.15, 0.2) is 11.5 Å². The molecule has 2 N–H and O–H groups in total. The molecule has 0 bridgehead atoms. The third kappa shape index (κ3) is 5.77. The molecular weight excluding hydrogens is 334 g/mol. The largest absolute Gasteiger partial charge is 0.493 e. The van der Waals surface area contributed by atoms with Crippen LogP contribution in [0.1, 0.15) is 36.2 Å². The number of rotatable bonds is 7. The second-order valence-corrected chi connectivity index (χ2v) is 5.90. The molecule has 0 radical (unpaired) electrons. The molecule has 0 spiro atoms. The maximum Gasteiger partial charge on any atom is 0.269 e. The molecule has 26 heavy (non-hydrogen) atoms. The van der Waals surface area contributed by atoms with Crippen LogP contribution in [0.25, 0.3) is 0 Å². The number of pyridine rings is 1. The summed E-state index contributed by atoms with van der Waals surface area (Å²) in [6.07, 6.45) is 4.16. The molecule has 0 aliphatic rings. The van der Waals surface area contributed by atoms with Crippen LogP contribution in [-0.4, -0.2) is 30.0 Å². The van der Waals surface area contributed by atoms with E-state index in [4.69, 9.17) is 9.47 Å². The van der Waals surface area contributed by atoms with Gasteiger partial charge in [-0.05, 0) is 50.1 Å². The van der Waals surface area contributed by atoms with Gasteiger partial charge in [0.05, 0.1) is 13.2 Å². The zero-order valence-corrected chi connectivity index (χ0v) is 15.1. The molecule has 2 rings (SSSR count).